The van der Waals surface area contributed by atoms with E-state index in [2.05, 4.69) is 9.97 Å². The molecule has 0 aliphatic carbocycles. The van der Waals surface area contributed by atoms with E-state index in [-0.39, 0.29) is 11.7 Å². The first kappa shape index (κ1) is 11.3. The highest BCUT2D eigenvalue weighted by Gasteiger charge is 2.10. The Morgan fingerprint density at radius 1 is 1.35 bits per heavy atom. The second-order valence-electron chi connectivity index (χ2n) is 3.19. The van der Waals surface area contributed by atoms with E-state index >= 15 is 0 Å². The highest BCUT2D eigenvalue weighted by atomic mass is 35.5. The van der Waals surface area contributed by atoms with Gasteiger partial charge in [0.05, 0.1) is 10.6 Å². The number of para-hydroxylation sites is 1. The molecule has 0 aliphatic heterocycles. The molecule has 2 rings (SSSR count). The van der Waals surface area contributed by atoms with E-state index in [9.17, 15) is 0 Å². The van der Waals surface area contributed by atoms with Gasteiger partial charge in [0.1, 0.15) is 17.9 Å². The van der Waals surface area contributed by atoms with Crippen LogP contribution in [-0.4, -0.2) is 15.8 Å². The lowest BCUT2D eigenvalue weighted by atomic mass is 10.3. The molecule has 6 heteroatoms. The Labute approximate surface area is 103 Å². The summed E-state index contributed by atoms with van der Waals surface area (Å²) in [5.74, 6) is 0.503. The normalized spacial score (nSPS) is 9.94. The minimum Gasteiger partial charge on any atom is -0.437 e. The van der Waals surface area contributed by atoms with Crippen molar-refractivity contribution in [1.29, 1.82) is 5.41 Å². The molecule has 0 unspecified atom stereocenters. The first-order valence-electron chi connectivity index (χ1n) is 4.75. The summed E-state index contributed by atoms with van der Waals surface area (Å²) in [6.07, 6.45) is 2.74. The van der Waals surface area contributed by atoms with Gasteiger partial charge in [-0.05, 0) is 12.1 Å². The summed E-state index contributed by atoms with van der Waals surface area (Å²) < 4.78 is 5.50. The van der Waals surface area contributed by atoms with Crippen LogP contribution in [0.5, 0.6) is 11.6 Å². The van der Waals surface area contributed by atoms with Crippen LogP contribution in [0.3, 0.4) is 0 Å². The van der Waals surface area contributed by atoms with Crippen molar-refractivity contribution in [2.45, 2.75) is 0 Å². The van der Waals surface area contributed by atoms with Crippen molar-refractivity contribution in [1.82, 2.24) is 9.97 Å². The fraction of sp³-hybridized carbons (Fsp3) is 0. The van der Waals surface area contributed by atoms with Gasteiger partial charge in [-0.25, -0.2) is 9.97 Å². The zero-order chi connectivity index (χ0) is 12.3. The fourth-order valence-corrected chi connectivity index (χ4v) is 1.39. The van der Waals surface area contributed by atoms with Gasteiger partial charge in [-0.2, -0.15) is 0 Å². The molecular formula is C11H9ClN4O. The smallest absolute Gasteiger partial charge is 0.233 e. The molecule has 0 saturated carbocycles. The van der Waals surface area contributed by atoms with Crippen molar-refractivity contribution in [3.63, 3.8) is 0 Å². The number of nitrogens with zero attached hydrogens (tertiary/aromatic N) is 2. The number of hydrogen-bond donors (Lipinski definition) is 2. The van der Waals surface area contributed by atoms with E-state index in [4.69, 9.17) is 27.5 Å². The molecule has 0 bridgehead atoms. The van der Waals surface area contributed by atoms with Crippen LogP contribution in [0.4, 0.5) is 0 Å². The standard InChI is InChI=1S/C11H9ClN4O/c12-8-3-1-2-4-9(8)17-11-7(10(13)14)5-15-6-16-11/h1-6H,(H3,13,14). The van der Waals surface area contributed by atoms with Crippen molar-refractivity contribution >= 4 is 17.4 Å². The predicted octanol–water partition coefficient (Wildman–Crippen LogP) is 2.21. The van der Waals surface area contributed by atoms with Crippen LogP contribution in [0.1, 0.15) is 5.56 Å². The van der Waals surface area contributed by atoms with Crippen molar-refractivity contribution < 1.29 is 4.74 Å². The molecule has 86 valence electrons. The Balaban J connectivity index is 2.37. The second-order valence-corrected chi connectivity index (χ2v) is 3.59. The quantitative estimate of drug-likeness (QED) is 0.644. The monoisotopic (exact) mass is 248 g/mol. The highest BCUT2D eigenvalue weighted by Crippen LogP contribution is 2.28. The van der Waals surface area contributed by atoms with E-state index in [1.165, 1.54) is 12.5 Å². The topological polar surface area (TPSA) is 84.9 Å². The molecule has 0 fully saturated rings. The van der Waals surface area contributed by atoms with Crippen molar-refractivity contribution in [3.05, 3.63) is 47.4 Å². The molecule has 0 amide bonds. The SMILES string of the molecule is N=C(N)c1cncnc1Oc1ccccc1Cl. The molecule has 5 nitrogen and oxygen atoms in total. The molecule has 0 spiro atoms. The van der Waals surface area contributed by atoms with Crippen LogP contribution in [0.2, 0.25) is 5.02 Å². The van der Waals surface area contributed by atoms with E-state index in [1.807, 2.05) is 0 Å². The number of rotatable bonds is 3. The molecule has 17 heavy (non-hydrogen) atoms. The number of benzene rings is 1. The van der Waals surface area contributed by atoms with Crippen LogP contribution in [-0.2, 0) is 0 Å². The molecule has 0 atom stereocenters. The number of aromatic nitrogens is 2. The Bertz CT molecular complexity index is 559. The average molecular weight is 249 g/mol. The first-order valence-corrected chi connectivity index (χ1v) is 5.13. The molecule has 0 saturated heterocycles. The summed E-state index contributed by atoms with van der Waals surface area (Å²) in [7, 11) is 0. The summed E-state index contributed by atoms with van der Waals surface area (Å²) in [5, 5.41) is 7.84. The summed E-state index contributed by atoms with van der Waals surface area (Å²) in [6, 6.07) is 6.98. The predicted molar refractivity (Wildman–Crippen MR) is 64.6 cm³/mol. The van der Waals surface area contributed by atoms with Gasteiger partial charge in [0, 0.05) is 6.20 Å². The highest BCUT2D eigenvalue weighted by molar-refractivity contribution is 6.32. The van der Waals surface area contributed by atoms with Gasteiger partial charge in [-0.15, -0.1) is 0 Å². The van der Waals surface area contributed by atoms with Gasteiger partial charge in [0.2, 0.25) is 5.88 Å². The maximum Gasteiger partial charge on any atom is 0.233 e. The largest absolute Gasteiger partial charge is 0.437 e. The number of nitrogen functional groups attached to an aromatic ring is 1. The first-order chi connectivity index (χ1) is 8.18. The van der Waals surface area contributed by atoms with Crippen molar-refractivity contribution in [2.24, 2.45) is 5.73 Å². The number of hydrogen-bond acceptors (Lipinski definition) is 4. The molecule has 0 radical (unpaired) electrons. The Morgan fingerprint density at radius 3 is 2.82 bits per heavy atom. The van der Waals surface area contributed by atoms with Crippen LogP contribution >= 0.6 is 11.6 Å². The van der Waals surface area contributed by atoms with E-state index in [1.54, 1.807) is 24.3 Å². The second kappa shape index (κ2) is 4.80. The van der Waals surface area contributed by atoms with Crippen molar-refractivity contribution in [2.75, 3.05) is 0 Å². The lowest BCUT2D eigenvalue weighted by Gasteiger charge is -2.08. The lowest BCUT2D eigenvalue weighted by molar-refractivity contribution is 0.460. The molecule has 3 N–H and O–H groups in total. The van der Waals surface area contributed by atoms with Crippen molar-refractivity contribution in [3.8, 4) is 11.6 Å². The Kier molecular flexibility index (Phi) is 3.20. The zero-order valence-corrected chi connectivity index (χ0v) is 9.48. The molecule has 1 heterocycles. The van der Waals surface area contributed by atoms with Crippen LogP contribution in [0.25, 0.3) is 0 Å². The Morgan fingerprint density at radius 2 is 2.12 bits per heavy atom. The van der Waals surface area contributed by atoms with Gasteiger partial charge in [0.25, 0.3) is 0 Å². The molecular weight excluding hydrogens is 240 g/mol. The minimum absolute atomic E-state index is 0.160. The van der Waals surface area contributed by atoms with Gasteiger partial charge in [-0.3, -0.25) is 5.41 Å². The van der Waals surface area contributed by atoms with Gasteiger partial charge in [-0.1, -0.05) is 23.7 Å². The number of nitrogens with one attached hydrogen (secondary N) is 1. The number of ether oxygens (including phenoxy) is 1. The summed E-state index contributed by atoms with van der Waals surface area (Å²) >= 11 is 5.95. The van der Waals surface area contributed by atoms with Crippen LogP contribution in [0, 0.1) is 5.41 Å². The third-order valence-corrected chi connectivity index (χ3v) is 2.32. The molecule has 2 aromatic rings. The third-order valence-electron chi connectivity index (χ3n) is 2.01. The minimum atomic E-state index is -0.160. The molecule has 1 aromatic carbocycles. The lowest BCUT2D eigenvalue weighted by Crippen LogP contribution is -2.13. The van der Waals surface area contributed by atoms with E-state index in [0.29, 0.717) is 16.3 Å². The summed E-state index contributed by atoms with van der Waals surface area (Å²) in [4.78, 5) is 7.71. The van der Waals surface area contributed by atoms with Gasteiger partial charge < -0.3 is 10.5 Å². The fourth-order valence-electron chi connectivity index (χ4n) is 1.22. The van der Waals surface area contributed by atoms with E-state index in [0.717, 1.165) is 0 Å². The number of halogens is 1. The number of amidine groups is 1. The maximum absolute atomic E-state index is 7.38. The molecule has 1 aromatic heterocycles. The third kappa shape index (κ3) is 2.51. The van der Waals surface area contributed by atoms with E-state index < -0.39 is 0 Å². The van der Waals surface area contributed by atoms with Gasteiger partial charge >= 0.3 is 0 Å². The maximum atomic E-state index is 7.38. The average Bonchev–Trinajstić information content (AvgIpc) is 2.32. The van der Waals surface area contributed by atoms with Crippen LogP contribution < -0.4 is 10.5 Å². The summed E-state index contributed by atoms with van der Waals surface area (Å²) in [5.41, 5.74) is 5.72. The van der Waals surface area contributed by atoms with Gasteiger partial charge in [0.15, 0.2) is 0 Å². The Hall–Kier alpha value is -2.14. The number of nitrogens with two attached hydrogens (primary N) is 1. The van der Waals surface area contributed by atoms with Crippen LogP contribution in [0.15, 0.2) is 36.8 Å². The summed E-state index contributed by atoms with van der Waals surface area (Å²) in [6.45, 7) is 0. The molecule has 0 aliphatic rings. The zero-order valence-electron chi connectivity index (χ0n) is 8.72.